The Bertz CT molecular complexity index is 630. The molecule has 0 saturated heterocycles. The van der Waals surface area contributed by atoms with Crippen LogP contribution >= 0.6 is 0 Å². The Labute approximate surface area is 166 Å². The average Bonchev–Trinajstić information content (AvgIpc) is 2.69. The van der Waals surface area contributed by atoms with Crippen LogP contribution in [0.1, 0.15) is 63.5 Å². The standard InChI is InChI=1S/C21H32N4O3/c22-21(28)18(15-20(27)24-14-12-17-10-4-5-13-23-17)25-19(26)11-6-9-16-7-2-1-3-8-16/h4-5,10,13,16,18H,1-3,6-9,11-12,14-15H2,(H2,22,28)(H,24,27)(H,25,26). The molecule has 7 heteroatoms. The summed E-state index contributed by atoms with van der Waals surface area (Å²) < 4.78 is 0. The van der Waals surface area contributed by atoms with E-state index in [0.29, 0.717) is 19.4 Å². The molecule has 4 N–H and O–H groups in total. The smallest absolute Gasteiger partial charge is 0.240 e. The number of amides is 3. The van der Waals surface area contributed by atoms with Gasteiger partial charge in [0.1, 0.15) is 6.04 Å². The summed E-state index contributed by atoms with van der Waals surface area (Å²) in [6, 6.07) is 4.62. The number of carbonyl (C=O) groups excluding carboxylic acids is 3. The van der Waals surface area contributed by atoms with Crippen LogP contribution in [0.2, 0.25) is 0 Å². The van der Waals surface area contributed by atoms with Crippen LogP contribution in [0.25, 0.3) is 0 Å². The monoisotopic (exact) mass is 388 g/mol. The van der Waals surface area contributed by atoms with Gasteiger partial charge in [0.05, 0.1) is 6.42 Å². The number of primary amides is 1. The molecule has 1 aliphatic carbocycles. The lowest BCUT2D eigenvalue weighted by atomic mass is 9.86. The summed E-state index contributed by atoms with van der Waals surface area (Å²) >= 11 is 0. The van der Waals surface area contributed by atoms with Crippen molar-refractivity contribution in [1.82, 2.24) is 15.6 Å². The zero-order chi connectivity index (χ0) is 20.2. The first-order chi connectivity index (χ1) is 13.5. The Morgan fingerprint density at radius 3 is 2.61 bits per heavy atom. The Morgan fingerprint density at radius 2 is 1.93 bits per heavy atom. The fourth-order valence-corrected chi connectivity index (χ4v) is 3.65. The maximum atomic E-state index is 12.1. The molecule has 1 fully saturated rings. The van der Waals surface area contributed by atoms with Gasteiger partial charge in [0.15, 0.2) is 0 Å². The highest BCUT2D eigenvalue weighted by Crippen LogP contribution is 2.27. The summed E-state index contributed by atoms with van der Waals surface area (Å²) in [6.45, 7) is 0.413. The number of pyridine rings is 1. The highest BCUT2D eigenvalue weighted by atomic mass is 16.2. The largest absolute Gasteiger partial charge is 0.368 e. The molecule has 0 aromatic carbocycles. The molecule has 0 bridgehead atoms. The topological polar surface area (TPSA) is 114 Å². The number of nitrogens with zero attached hydrogens (tertiary/aromatic N) is 1. The predicted molar refractivity (Wildman–Crippen MR) is 107 cm³/mol. The van der Waals surface area contributed by atoms with E-state index in [1.165, 1.54) is 32.1 Å². The quantitative estimate of drug-likeness (QED) is 0.537. The summed E-state index contributed by atoms with van der Waals surface area (Å²) in [6.07, 6.45) is 10.8. The minimum Gasteiger partial charge on any atom is -0.368 e. The number of nitrogens with two attached hydrogens (primary N) is 1. The first kappa shape index (κ1) is 21.9. The van der Waals surface area contributed by atoms with Crippen LogP contribution in [0.5, 0.6) is 0 Å². The van der Waals surface area contributed by atoms with Crippen LogP contribution in [0.3, 0.4) is 0 Å². The summed E-state index contributed by atoms with van der Waals surface area (Å²) in [4.78, 5) is 40.0. The summed E-state index contributed by atoms with van der Waals surface area (Å²) in [5.41, 5.74) is 6.23. The Morgan fingerprint density at radius 1 is 1.14 bits per heavy atom. The van der Waals surface area contributed by atoms with Crippen molar-refractivity contribution >= 4 is 17.7 Å². The van der Waals surface area contributed by atoms with Crippen molar-refractivity contribution in [1.29, 1.82) is 0 Å². The van der Waals surface area contributed by atoms with Crippen LogP contribution in [-0.2, 0) is 20.8 Å². The number of rotatable bonds is 11. The minimum absolute atomic E-state index is 0.147. The van der Waals surface area contributed by atoms with Gasteiger partial charge >= 0.3 is 0 Å². The van der Waals surface area contributed by atoms with E-state index in [1.807, 2.05) is 18.2 Å². The van der Waals surface area contributed by atoms with Gasteiger partial charge in [-0.1, -0.05) is 38.2 Å². The lowest BCUT2D eigenvalue weighted by molar-refractivity contribution is -0.130. The second-order valence-corrected chi connectivity index (χ2v) is 7.54. The molecule has 0 radical (unpaired) electrons. The number of carbonyl (C=O) groups is 3. The van der Waals surface area contributed by atoms with Crippen LogP contribution in [0.15, 0.2) is 24.4 Å². The first-order valence-corrected chi connectivity index (χ1v) is 10.3. The van der Waals surface area contributed by atoms with Gasteiger partial charge in [0.25, 0.3) is 0 Å². The van der Waals surface area contributed by atoms with Gasteiger partial charge in [-0.2, -0.15) is 0 Å². The third kappa shape index (κ3) is 8.50. The van der Waals surface area contributed by atoms with Crippen LogP contribution in [0, 0.1) is 5.92 Å². The predicted octanol–water partition coefficient (Wildman–Crippen LogP) is 1.85. The van der Waals surface area contributed by atoms with Crippen molar-refractivity contribution in [3.8, 4) is 0 Å². The van der Waals surface area contributed by atoms with Gasteiger partial charge in [-0.15, -0.1) is 0 Å². The van der Waals surface area contributed by atoms with Crippen molar-refractivity contribution in [2.75, 3.05) is 6.54 Å². The van der Waals surface area contributed by atoms with E-state index in [0.717, 1.165) is 24.5 Å². The molecule has 1 heterocycles. The van der Waals surface area contributed by atoms with Crippen LogP contribution in [0.4, 0.5) is 0 Å². The fraction of sp³-hybridized carbons (Fsp3) is 0.619. The zero-order valence-electron chi connectivity index (χ0n) is 16.5. The molecule has 154 valence electrons. The molecular weight excluding hydrogens is 356 g/mol. The molecule has 28 heavy (non-hydrogen) atoms. The summed E-state index contributed by atoms with van der Waals surface area (Å²) in [5, 5.41) is 5.34. The molecule has 1 unspecified atom stereocenters. The van der Waals surface area contributed by atoms with E-state index >= 15 is 0 Å². The van der Waals surface area contributed by atoms with Crippen molar-refractivity contribution in [2.45, 2.75) is 70.3 Å². The number of aromatic nitrogens is 1. The van der Waals surface area contributed by atoms with Gasteiger partial charge in [0.2, 0.25) is 17.7 Å². The second kappa shape index (κ2) is 12.1. The number of hydrogen-bond donors (Lipinski definition) is 3. The fourth-order valence-electron chi connectivity index (χ4n) is 3.65. The molecular formula is C21H32N4O3. The summed E-state index contributed by atoms with van der Waals surface area (Å²) in [7, 11) is 0. The molecule has 0 spiro atoms. The Kier molecular flexibility index (Phi) is 9.45. The van der Waals surface area contributed by atoms with Gasteiger partial charge in [0, 0.05) is 31.3 Å². The van der Waals surface area contributed by atoms with Crippen molar-refractivity contribution < 1.29 is 14.4 Å². The molecule has 1 aliphatic rings. The maximum Gasteiger partial charge on any atom is 0.240 e. The third-order valence-corrected chi connectivity index (χ3v) is 5.24. The molecule has 2 rings (SSSR count). The highest BCUT2D eigenvalue weighted by molar-refractivity contribution is 5.91. The SMILES string of the molecule is NC(=O)C(CC(=O)NCCc1ccccn1)NC(=O)CCCC1CCCCC1. The van der Waals surface area contributed by atoms with E-state index in [4.69, 9.17) is 5.73 Å². The minimum atomic E-state index is -0.975. The van der Waals surface area contributed by atoms with Crippen molar-refractivity contribution in [3.05, 3.63) is 30.1 Å². The lowest BCUT2D eigenvalue weighted by Gasteiger charge is -2.21. The molecule has 1 saturated carbocycles. The van der Waals surface area contributed by atoms with E-state index in [1.54, 1.807) is 6.20 Å². The van der Waals surface area contributed by atoms with Gasteiger partial charge in [-0.3, -0.25) is 19.4 Å². The number of nitrogens with one attached hydrogen (secondary N) is 2. The Hall–Kier alpha value is -2.44. The molecule has 1 aromatic rings. The van der Waals surface area contributed by atoms with Crippen LogP contribution < -0.4 is 16.4 Å². The van der Waals surface area contributed by atoms with E-state index in [9.17, 15) is 14.4 Å². The van der Waals surface area contributed by atoms with Gasteiger partial charge in [-0.25, -0.2) is 0 Å². The van der Waals surface area contributed by atoms with E-state index in [2.05, 4.69) is 15.6 Å². The normalized spacial score (nSPS) is 15.6. The maximum absolute atomic E-state index is 12.1. The molecule has 3 amide bonds. The van der Waals surface area contributed by atoms with Crippen molar-refractivity contribution in [2.24, 2.45) is 11.7 Å². The molecule has 7 nitrogen and oxygen atoms in total. The zero-order valence-corrected chi connectivity index (χ0v) is 16.5. The lowest BCUT2D eigenvalue weighted by Crippen LogP contribution is -2.47. The van der Waals surface area contributed by atoms with Crippen LogP contribution in [-0.4, -0.2) is 35.3 Å². The van der Waals surface area contributed by atoms with Gasteiger partial charge < -0.3 is 16.4 Å². The third-order valence-electron chi connectivity index (χ3n) is 5.24. The second-order valence-electron chi connectivity index (χ2n) is 7.54. The van der Waals surface area contributed by atoms with E-state index < -0.39 is 11.9 Å². The van der Waals surface area contributed by atoms with Gasteiger partial charge in [-0.05, 0) is 30.9 Å². The molecule has 0 aliphatic heterocycles. The first-order valence-electron chi connectivity index (χ1n) is 10.3. The Balaban J connectivity index is 1.65. The average molecular weight is 389 g/mol. The summed E-state index contributed by atoms with van der Waals surface area (Å²) in [5.74, 6) is -0.512. The number of hydrogen-bond acceptors (Lipinski definition) is 4. The van der Waals surface area contributed by atoms with E-state index in [-0.39, 0.29) is 18.2 Å². The molecule has 1 aromatic heterocycles. The highest BCUT2D eigenvalue weighted by Gasteiger charge is 2.21. The molecule has 1 atom stereocenters. The van der Waals surface area contributed by atoms with Crippen molar-refractivity contribution in [3.63, 3.8) is 0 Å².